The van der Waals surface area contributed by atoms with E-state index in [-0.39, 0.29) is 65.5 Å². The van der Waals surface area contributed by atoms with Crippen molar-refractivity contribution in [2.75, 3.05) is 26.4 Å². The van der Waals surface area contributed by atoms with Gasteiger partial charge in [-0.3, -0.25) is 14.4 Å². The van der Waals surface area contributed by atoms with Crippen LogP contribution in [0.1, 0.15) is 360 Å². The molecule has 570 valence electrons. The Morgan fingerprint density at radius 2 is 0.604 bits per heavy atom. The Bertz CT molecular complexity index is 1120. The lowest BCUT2D eigenvalue weighted by Gasteiger charge is -2.09. The summed E-state index contributed by atoms with van der Waals surface area (Å²) in [4.78, 5) is 32.5. The van der Waals surface area contributed by atoms with Crippen LogP contribution in [0.15, 0.2) is 0 Å². The van der Waals surface area contributed by atoms with Gasteiger partial charge < -0.3 is 29.0 Å². The van der Waals surface area contributed by atoms with Gasteiger partial charge in [-0.1, -0.05) is 251 Å². The molecule has 0 aromatic carbocycles. The van der Waals surface area contributed by atoms with Gasteiger partial charge in [0.2, 0.25) is 0 Å². The number of rotatable bonds is 28. The minimum absolute atomic E-state index is 0. The van der Waals surface area contributed by atoms with Gasteiger partial charge in [0.25, 0.3) is 0 Å². The molecular weight excluding hydrogens is 1150 g/mol. The van der Waals surface area contributed by atoms with Gasteiger partial charge in [0.1, 0.15) is 11.6 Å². The zero-order valence-corrected chi connectivity index (χ0v) is 68.8. The van der Waals surface area contributed by atoms with Crippen LogP contribution < -0.4 is 5.32 Å². The highest BCUT2D eigenvalue weighted by molar-refractivity contribution is 8.00. The normalized spacial score (nSPS) is 10.6. The zero-order valence-electron chi connectivity index (χ0n) is 68.0. The summed E-state index contributed by atoms with van der Waals surface area (Å²) in [5.74, 6) is 8.43. The smallest absolute Gasteiger partial charge is 0.308 e. The van der Waals surface area contributed by atoms with Crippen LogP contribution in [-0.2, 0) is 38.1 Å². The molecule has 0 unspecified atom stereocenters. The molecule has 9 nitrogen and oxygen atoms in total. The maximum Gasteiger partial charge on any atom is 0.308 e. The van der Waals surface area contributed by atoms with Crippen molar-refractivity contribution in [1.82, 2.24) is 5.32 Å². The molecule has 0 aliphatic rings. The third kappa shape index (κ3) is 187. The van der Waals surface area contributed by atoms with Crippen LogP contribution in [0, 0.1) is 76.9 Å². The second kappa shape index (κ2) is 87.0. The lowest BCUT2D eigenvalue weighted by atomic mass is 9.99. The highest BCUT2D eigenvalue weighted by Gasteiger charge is 2.11. The maximum atomic E-state index is 11.0. The van der Waals surface area contributed by atoms with Crippen LogP contribution in [0.4, 0.5) is 0 Å². The molecule has 0 saturated heterocycles. The van der Waals surface area contributed by atoms with Crippen LogP contribution >= 0.6 is 11.8 Å². The molecule has 0 aromatic heterocycles. The molecule has 0 fully saturated rings. The van der Waals surface area contributed by atoms with Gasteiger partial charge in [-0.2, -0.15) is 11.8 Å². The molecule has 0 aromatic rings. The minimum Gasteiger partial charge on any atom is -0.463 e. The standard InChI is InChI=1S/C8H18O2.C8H16O.C7H17N.C7H14O2.C7H16O.C7H14O.3C7H16.C6H14O.C6H14S.4CH4/c1-7(2)9-5-6-10-8(3)4;1-6(2)5-8(9)7(3)4;1-6(2)5-8-7(3)4;1-5(2)7(8)9-6(3)4;1-6(2)5-8-7(3)4;1-5(2)7(8)6(3)4;3*1-6(2)5-7(3)4;2*1-5(2)7-6(3)4;;;;/h7-8H,5-6H2,1-4H3;6-7H,5H2,1-4H3;6-8H,5H2,1-4H3;5-6H,1-4H3;6-7H,5H2,1-4H3;5-6H,1-4H3;3*6-7H,5H2,1-4H3;2*5-6H,1-4H3;4*1H4. The Kier molecular flexibility index (Phi) is 121. The van der Waals surface area contributed by atoms with Gasteiger partial charge in [0.15, 0.2) is 0 Å². The first-order chi connectivity index (χ1) is 39.1. The quantitative estimate of drug-likeness (QED) is 0.0601. The molecule has 0 aliphatic heterocycles. The van der Waals surface area contributed by atoms with E-state index in [0.29, 0.717) is 73.2 Å². The highest BCUT2D eigenvalue weighted by Crippen LogP contribution is 2.15. The number of Topliss-reactive ketones (excluding diaryl/α,β-unsaturated/α-hetero) is 2. The van der Waals surface area contributed by atoms with Crippen LogP contribution in [0.2, 0.25) is 0 Å². The molecule has 0 saturated carbocycles. The fourth-order valence-corrected chi connectivity index (χ4v) is 8.10. The molecule has 0 rings (SSSR count). The number of carbonyl (C=O) groups is 3. The molecule has 0 radical (unpaired) electrons. The third-order valence-corrected chi connectivity index (χ3v) is 10.9. The van der Waals surface area contributed by atoms with Gasteiger partial charge in [0, 0.05) is 36.8 Å². The second-order valence-corrected chi connectivity index (χ2v) is 32.8. The van der Waals surface area contributed by atoms with Gasteiger partial charge in [0.05, 0.1) is 55.8 Å². The summed E-state index contributed by atoms with van der Waals surface area (Å²) >= 11 is 2.01. The monoisotopic (exact) mass is 1330 g/mol. The van der Waals surface area contributed by atoms with Crippen molar-refractivity contribution in [1.29, 1.82) is 0 Å². The first-order valence-corrected chi connectivity index (χ1v) is 36.2. The molecule has 0 amide bonds. The van der Waals surface area contributed by atoms with Crippen molar-refractivity contribution in [2.24, 2.45) is 76.9 Å². The van der Waals surface area contributed by atoms with Crippen molar-refractivity contribution < 1.29 is 38.1 Å². The number of hydrogen-bond acceptors (Lipinski definition) is 10. The summed E-state index contributed by atoms with van der Waals surface area (Å²) in [5, 5.41) is 4.93. The SMILES string of the molecule is C.C.C.C.CC(C)C(=O)C(C)C.CC(C)CC(=O)C(C)C.CC(C)CC(C)C.CC(C)CC(C)C.CC(C)CC(C)C.CC(C)CNC(C)C.CC(C)COC(C)C.CC(C)OC(=O)C(C)C.CC(C)OC(C)C.CC(C)OCCOC(C)C.CC(C)SC(C)C. The summed E-state index contributed by atoms with van der Waals surface area (Å²) in [5.41, 5.74) is 0. The fourth-order valence-electron chi connectivity index (χ4n) is 7.01. The summed E-state index contributed by atoms with van der Waals surface area (Å²) in [6, 6.07) is 0.636. The Balaban J connectivity index is -0.0000000536. The Morgan fingerprint density at radius 3 is 0.670 bits per heavy atom. The first-order valence-electron chi connectivity index (χ1n) is 35.3. The predicted molar refractivity (Wildman–Crippen MR) is 425 cm³/mol. The lowest BCUT2D eigenvalue weighted by molar-refractivity contribution is -0.151. The molecule has 0 atom stereocenters. The number of ether oxygens (including phenoxy) is 5. The second-order valence-electron chi connectivity index (χ2n) is 30.7. The number of nitrogens with one attached hydrogen (secondary N) is 1. The Morgan fingerprint density at radius 1 is 0.319 bits per heavy atom. The molecule has 91 heavy (non-hydrogen) atoms. The van der Waals surface area contributed by atoms with E-state index in [0.717, 1.165) is 71.5 Å². The van der Waals surface area contributed by atoms with Crippen LogP contribution in [0.3, 0.4) is 0 Å². The number of ketones is 2. The van der Waals surface area contributed by atoms with Crippen LogP contribution in [0.5, 0.6) is 0 Å². The molecule has 10 heteroatoms. The summed E-state index contributed by atoms with van der Waals surface area (Å²) in [7, 11) is 0. The van der Waals surface area contributed by atoms with E-state index in [9.17, 15) is 14.4 Å². The molecule has 0 bridgehead atoms. The molecule has 1 N–H and O–H groups in total. The summed E-state index contributed by atoms with van der Waals surface area (Å²) in [6.45, 7) is 96.1. The Hall–Kier alpha value is -1.04. The van der Waals surface area contributed by atoms with Crippen molar-refractivity contribution >= 4 is 29.3 Å². The average Bonchev–Trinajstić information content (AvgIpc) is 3.28. The lowest BCUT2D eigenvalue weighted by Crippen LogP contribution is -2.26. The third-order valence-electron chi connectivity index (χ3n) is 9.81. The van der Waals surface area contributed by atoms with E-state index in [4.69, 9.17) is 23.7 Å². The van der Waals surface area contributed by atoms with Crippen molar-refractivity contribution in [3.8, 4) is 0 Å². The van der Waals surface area contributed by atoms with Crippen molar-refractivity contribution in [3.05, 3.63) is 0 Å². The molecular formula is C81H187NO8S. The highest BCUT2D eigenvalue weighted by atomic mass is 32.2. The molecule has 0 heterocycles. The average molecular weight is 1340 g/mol. The fraction of sp³-hybridized carbons (Fsp3) is 0.963. The van der Waals surface area contributed by atoms with Crippen LogP contribution in [0.25, 0.3) is 0 Å². The Labute approximate surface area is 586 Å². The number of carbonyl (C=O) groups excluding carboxylic acids is 3. The van der Waals surface area contributed by atoms with Gasteiger partial charge >= 0.3 is 5.97 Å². The first kappa shape index (κ1) is 127. The number of hydrogen-bond donors (Lipinski definition) is 1. The maximum absolute atomic E-state index is 11.0. The topological polar surface area (TPSA) is 109 Å². The predicted octanol–water partition coefficient (Wildman–Crippen LogP) is 26.2. The molecule has 0 aliphatic carbocycles. The van der Waals surface area contributed by atoms with E-state index in [1.165, 1.54) is 19.3 Å². The van der Waals surface area contributed by atoms with E-state index in [1.54, 1.807) is 0 Å². The number of esters is 1. The van der Waals surface area contributed by atoms with E-state index in [2.05, 4.69) is 185 Å². The van der Waals surface area contributed by atoms with Gasteiger partial charge in [-0.25, -0.2) is 0 Å². The summed E-state index contributed by atoms with van der Waals surface area (Å²) < 4.78 is 26.0. The minimum atomic E-state index is -0.120. The van der Waals surface area contributed by atoms with Crippen LogP contribution in [-0.4, -0.2) is 97.1 Å². The van der Waals surface area contributed by atoms with E-state index in [1.807, 2.05) is 136 Å². The van der Waals surface area contributed by atoms with E-state index >= 15 is 0 Å². The zero-order chi connectivity index (χ0) is 72.0. The van der Waals surface area contributed by atoms with Crippen molar-refractivity contribution in [2.45, 2.75) is 413 Å². The molecule has 0 spiro atoms. The van der Waals surface area contributed by atoms with Gasteiger partial charge in [-0.15, -0.1) is 0 Å². The van der Waals surface area contributed by atoms with Gasteiger partial charge in [-0.05, 0) is 173 Å². The largest absolute Gasteiger partial charge is 0.463 e. The van der Waals surface area contributed by atoms with Crippen molar-refractivity contribution in [3.63, 3.8) is 0 Å². The number of thioether (sulfide) groups is 1. The van der Waals surface area contributed by atoms with E-state index < -0.39 is 0 Å². The summed E-state index contributed by atoms with van der Waals surface area (Å²) in [6.07, 6.45) is 6.60.